The summed E-state index contributed by atoms with van der Waals surface area (Å²) < 4.78 is 0. The Morgan fingerprint density at radius 2 is 2.29 bits per heavy atom. The molecule has 0 heterocycles. The number of hydrogen-bond donors (Lipinski definition) is 2. The molecule has 0 saturated heterocycles. The molecule has 1 aliphatic carbocycles. The Hall–Kier alpha value is -1.35. The second kappa shape index (κ2) is 5.32. The van der Waals surface area contributed by atoms with Crippen molar-refractivity contribution in [3.8, 4) is 0 Å². The molecule has 1 amide bonds. The third kappa shape index (κ3) is 3.07. The fraction of sp³-hybridized carbons (Fsp3) is 0.500. The normalized spacial score (nSPS) is 19.8. The Morgan fingerprint density at radius 1 is 1.53 bits per heavy atom. The quantitative estimate of drug-likeness (QED) is 0.833. The van der Waals surface area contributed by atoms with Gasteiger partial charge in [-0.3, -0.25) is 4.79 Å². The maximum absolute atomic E-state index is 11.7. The number of nitrogens with two attached hydrogens (primary N) is 1. The maximum Gasteiger partial charge on any atom is 0.220 e. The number of benzene rings is 1. The van der Waals surface area contributed by atoms with Crippen LogP contribution in [0.3, 0.4) is 0 Å². The van der Waals surface area contributed by atoms with Gasteiger partial charge in [0.05, 0.1) is 6.04 Å². The van der Waals surface area contributed by atoms with Gasteiger partial charge in [0.25, 0.3) is 0 Å². The number of nitrogens with one attached hydrogen (secondary N) is 1. The van der Waals surface area contributed by atoms with Crippen LogP contribution in [0.5, 0.6) is 0 Å². The highest BCUT2D eigenvalue weighted by Gasteiger charge is 2.22. The molecule has 1 aromatic rings. The van der Waals surface area contributed by atoms with Gasteiger partial charge in [0.2, 0.25) is 5.91 Å². The van der Waals surface area contributed by atoms with Crippen LogP contribution in [0.15, 0.2) is 24.3 Å². The van der Waals surface area contributed by atoms with Crippen molar-refractivity contribution < 1.29 is 4.79 Å². The first kappa shape index (κ1) is 12.1. The molecule has 0 saturated carbocycles. The van der Waals surface area contributed by atoms with Gasteiger partial charge in [0.15, 0.2) is 0 Å². The van der Waals surface area contributed by atoms with E-state index in [2.05, 4.69) is 23.5 Å². The Morgan fingerprint density at radius 3 is 3.06 bits per heavy atom. The van der Waals surface area contributed by atoms with E-state index in [-0.39, 0.29) is 18.0 Å². The molecule has 2 unspecified atom stereocenters. The van der Waals surface area contributed by atoms with Crippen molar-refractivity contribution in [2.24, 2.45) is 5.73 Å². The van der Waals surface area contributed by atoms with E-state index in [4.69, 9.17) is 5.73 Å². The van der Waals surface area contributed by atoms with Crippen LogP contribution in [0.1, 0.15) is 43.4 Å². The fourth-order valence-corrected chi connectivity index (χ4v) is 2.33. The Bertz CT molecular complexity index is 401. The second-order valence-corrected chi connectivity index (χ2v) is 4.87. The monoisotopic (exact) mass is 232 g/mol. The molecule has 1 aliphatic rings. The standard InChI is InChI=1S/C14H20N2O/c1-10(15)6-9-14(17)16-13-8-7-11-4-2-3-5-12(11)13/h2-5,10,13H,6-9,15H2,1H3,(H,16,17). The van der Waals surface area contributed by atoms with Crippen molar-refractivity contribution in [3.63, 3.8) is 0 Å². The van der Waals surface area contributed by atoms with E-state index in [0.717, 1.165) is 19.3 Å². The van der Waals surface area contributed by atoms with Gasteiger partial charge in [-0.2, -0.15) is 0 Å². The zero-order chi connectivity index (χ0) is 12.3. The molecule has 3 nitrogen and oxygen atoms in total. The van der Waals surface area contributed by atoms with Crippen LogP contribution < -0.4 is 11.1 Å². The molecule has 0 spiro atoms. The fourth-order valence-electron chi connectivity index (χ4n) is 2.33. The predicted molar refractivity (Wildman–Crippen MR) is 68.5 cm³/mol. The molecule has 0 fully saturated rings. The van der Waals surface area contributed by atoms with Crippen LogP contribution in [0.4, 0.5) is 0 Å². The van der Waals surface area contributed by atoms with Crippen LogP contribution in [-0.4, -0.2) is 11.9 Å². The molecular weight excluding hydrogens is 212 g/mol. The van der Waals surface area contributed by atoms with Gasteiger partial charge in [-0.05, 0) is 37.3 Å². The molecule has 17 heavy (non-hydrogen) atoms. The van der Waals surface area contributed by atoms with E-state index in [1.54, 1.807) is 0 Å². The topological polar surface area (TPSA) is 55.1 Å². The van der Waals surface area contributed by atoms with Crippen molar-refractivity contribution in [3.05, 3.63) is 35.4 Å². The number of hydrogen-bond acceptors (Lipinski definition) is 2. The number of fused-ring (bicyclic) bond motifs is 1. The van der Waals surface area contributed by atoms with Crippen molar-refractivity contribution in [1.82, 2.24) is 5.32 Å². The maximum atomic E-state index is 11.7. The molecule has 2 rings (SSSR count). The highest BCUT2D eigenvalue weighted by Crippen LogP contribution is 2.30. The predicted octanol–water partition coefficient (Wildman–Crippen LogP) is 1.92. The molecule has 0 bridgehead atoms. The van der Waals surface area contributed by atoms with Gasteiger partial charge >= 0.3 is 0 Å². The van der Waals surface area contributed by atoms with Crippen LogP contribution in [0, 0.1) is 0 Å². The second-order valence-electron chi connectivity index (χ2n) is 4.87. The van der Waals surface area contributed by atoms with Gasteiger partial charge in [0, 0.05) is 12.5 Å². The summed E-state index contributed by atoms with van der Waals surface area (Å²) in [5.74, 6) is 0.115. The molecule has 0 radical (unpaired) electrons. The summed E-state index contributed by atoms with van der Waals surface area (Å²) in [6.07, 6.45) is 3.36. The Balaban J connectivity index is 1.91. The van der Waals surface area contributed by atoms with E-state index in [9.17, 15) is 4.79 Å². The first-order valence-electron chi connectivity index (χ1n) is 6.29. The first-order valence-corrected chi connectivity index (χ1v) is 6.29. The lowest BCUT2D eigenvalue weighted by Crippen LogP contribution is -2.28. The third-order valence-electron chi connectivity index (χ3n) is 3.29. The van der Waals surface area contributed by atoms with Crippen LogP contribution in [0.25, 0.3) is 0 Å². The molecule has 0 aromatic heterocycles. The lowest BCUT2D eigenvalue weighted by molar-refractivity contribution is -0.122. The van der Waals surface area contributed by atoms with Gasteiger partial charge in [-0.1, -0.05) is 24.3 Å². The lowest BCUT2D eigenvalue weighted by atomic mass is 10.1. The van der Waals surface area contributed by atoms with Gasteiger partial charge in [-0.15, -0.1) is 0 Å². The van der Waals surface area contributed by atoms with E-state index >= 15 is 0 Å². The summed E-state index contributed by atoms with van der Waals surface area (Å²) in [6, 6.07) is 8.63. The van der Waals surface area contributed by atoms with E-state index in [1.807, 2.05) is 13.0 Å². The number of carbonyl (C=O) groups excluding carboxylic acids is 1. The lowest BCUT2D eigenvalue weighted by Gasteiger charge is -2.14. The van der Waals surface area contributed by atoms with Crippen LogP contribution in [0.2, 0.25) is 0 Å². The molecule has 1 aromatic carbocycles. The highest BCUT2D eigenvalue weighted by molar-refractivity contribution is 5.76. The summed E-state index contributed by atoms with van der Waals surface area (Å²) in [5, 5.41) is 3.10. The van der Waals surface area contributed by atoms with Crippen molar-refractivity contribution >= 4 is 5.91 Å². The summed E-state index contributed by atoms with van der Waals surface area (Å²) in [7, 11) is 0. The van der Waals surface area contributed by atoms with E-state index < -0.39 is 0 Å². The number of aryl methyl sites for hydroxylation is 1. The van der Waals surface area contributed by atoms with Gasteiger partial charge in [0.1, 0.15) is 0 Å². The van der Waals surface area contributed by atoms with Gasteiger partial charge in [-0.25, -0.2) is 0 Å². The summed E-state index contributed by atoms with van der Waals surface area (Å²) in [4.78, 5) is 11.7. The number of carbonyl (C=O) groups is 1. The molecule has 3 N–H and O–H groups in total. The minimum Gasteiger partial charge on any atom is -0.349 e. The summed E-state index contributed by atoms with van der Waals surface area (Å²) >= 11 is 0. The van der Waals surface area contributed by atoms with Gasteiger partial charge < -0.3 is 11.1 Å². The zero-order valence-electron chi connectivity index (χ0n) is 10.3. The largest absolute Gasteiger partial charge is 0.349 e. The minimum absolute atomic E-state index is 0.0941. The molecular formula is C14H20N2O. The van der Waals surface area contributed by atoms with Crippen molar-refractivity contribution in [2.45, 2.75) is 44.7 Å². The van der Waals surface area contributed by atoms with E-state index in [0.29, 0.717) is 6.42 Å². The van der Waals surface area contributed by atoms with Crippen LogP contribution >= 0.6 is 0 Å². The zero-order valence-corrected chi connectivity index (χ0v) is 10.3. The Kier molecular flexibility index (Phi) is 3.79. The summed E-state index contributed by atoms with van der Waals surface area (Å²) in [5.41, 5.74) is 8.29. The molecule has 92 valence electrons. The smallest absolute Gasteiger partial charge is 0.220 e. The number of rotatable bonds is 4. The third-order valence-corrected chi connectivity index (χ3v) is 3.29. The van der Waals surface area contributed by atoms with Crippen molar-refractivity contribution in [2.75, 3.05) is 0 Å². The summed E-state index contributed by atoms with van der Waals surface area (Å²) in [6.45, 7) is 1.93. The first-order chi connectivity index (χ1) is 8.16. The highest BCUT2D eigenvalue weighted by atomic mass is 16.1. The average Bonchev–Trinajstić information content (AvgIpc) is 2.70. The Labute approximate surface area is 102 Å². The number of amides is 1. The average molecular weight is 232 g/mol. The van der Waals surface area contributed by atoms with E-state index in [1.165, 1.54) is 11.1 Å². The van der Waals surface area contributed by atoms with Crippen molar-refractivity contribution in [1.29, 1.82) is 0 Å². The molecule has 3 heteroatoms. The van der Waals surface area contributed by atoms with Crippen LogP contribution in [-0.2, 0) is 11.2 Å². The minimum atomic E-state index is 0.0941. The SMILES string of the molecule is CC(N)CCC(=O)NC1CCc2ccccc21. The molecule has 0 aliphatic heterocycles. The molecule has 2 atom stereocenters.